The molecule has 2 N–H and O–H groups in total. The van der Waals surface area contributed by atoms with Crippen LogP contribution in [0, 0.1) is 5.92 Å². The van der Waals surface area contributed by atoms with Gasteiger partial charge in [-0.05, 0) is 12.8 Å². The number of hydrogen-bond acceptors (Lipinski definition) is 2. The summed E-state index contributed by atoms with van der Waals surface area (Å²) < 4.78 is 31.7. The Morgan fingerprint density at radius 3 is 1.62 bits per heavy atom. The van der Waals surface area contributed by atoms with Gasteiger partial charge in [0.25, 0.3) is 0 Å². The molecule has 0 aliphatic heterocycles. The molecule has 0 bridgehead atoms. The minimum absolute atomic E-state index is 0.116. The van der Waals surface area contributed by atoms with E-state index < -0.39 is 18.1 Å². The van der Waals surface area contributed by atoms with Crippen molar-refractivity contribution in [2.75, 3.05) is 0 Å². The van der Waals surface area contributed by atoms with E-state index in [1.54, 1.807) is 0 Å². The SMILES string of the molecule is CCCC(CC)C(=O)O.O=C(O)C(F)(F)F. The van der Waals surface area contributed by atoms with Crippen molar-refractivity contribution in [1.82, 2.24) is 0 Å². The van der Waals surface area contributed by atoms with Crippen LogP contribution in [0.5, 0.6) is 0 Å². The molecule has 0 radical (unpaired) electrons. The first-order valence-electron chi connectivity index (χ1n) is 4.69. The van der Waals surface area contributed by atoms with E-state index in [0.29, 0.717) is 0 Å². The maximum absolute atomic E-state index is 10.6. The van der Waals surface area contributed by atoms with Crippen LogP contribution in [0.2, 0.25) is 0 Å². The smallest absolute Gasteiger partial charge is 0.481 e. The van der Waals surface area contributed by atoms with Crippen molar-refractivity contribution < 1.29 is 33.0 Å². The highest BCUT2D eigenvalue weighted by Crippen LogP contribution is 2.13. The van der Waals surface area contributed by atoms with E-state index in [4.69, 9.17) is 15.0 Å². The van der Waals surface area contributed by atoms with Gasteiger partial charge in [0.1, 0.15) is 0 Å². The first-order valence-corrected chi connectivity index (χ1v) is 4.69. The van der Waals surface area contributed by atoms with Crippen molar-refractivity contribution >= 4 is 11.9 Å². The normalized spacial score (nSPS) is 12.3. The Balaban J connectivity index is 0. The van der Waals surface area contributed by atoms with Gasteiger partial charge in [-0.15, -0.1) is 0 Å². The summed E-state index contributed by atoms with van der Waals surface area (Å²) in [7, 11) is 0. The molecule has 4 nitrogen and oxygen atoms in total. The van der Waals surface area contributed by atoms with Gasteiger partial charge in [0, 0.05) is 0 Å². The summed E-state index contributed by atoms with van der Waals surface area (Å²) in [5.41, 5.74) is 0. The molecule has 0 fully saturated rings. The summed E-state index contributed by atoms with van der Waals surface area (Å²) in [6, 6.07) is 0. The largest absolute Gasteiger partial charge is 0.490 e. The molecule has 0 aromatic heterocycles. The summed E-state index contributed by atoms with van der Waals surface area (Å²) >= 11 is 0. The van der Waals surface area contributed by atoms with Crippen molar-refractivity contribution in [1.29, 1.82) is 0 Å². The molecule has 0 rings (SSSR count). The predicted molar refractivity (Wildman–Crippen MR) is 50.0 cm³/mol. The Morgan fingerprint density at radius 1 is 1.19 bits per heavy atom. The van der Waals surface area contributed by atoms with Crippen LogP contribution in [0.3, 0.4) is 0 Å². The lowest BCUT2D eigenvalue weighted by Crippen LogP contribution is -2.21. The number of rotatable bonds is 4. The van der Waals surface area contributed by atoms with E-state index in [1.165, 1.54) is 0 Å². The van der Waals surface area contributed by atoms with Crippen LogP contribution >= 0.6 is 0 Å². The third kappa shape index (κ3) is 9.29. The van der Waals surface area contributed by atoms with Gasteiger partial charge >= 0.3 is 18.1 Å². The van der Waals surface area contributed by atoms with Crippen molar-refractivity contribution in [2.45, 2.75) is 39.3 Å². The third-order valence-corrected chi connectivity index (χ3v) is 1.72. The Kier molecular flexibility index (Phi) is 8.51. The molecule has 7 heteroatoms. The van der Waals surface area contributed by atoms with Crippen LogP contribution in [0.25, 0.3) is 0 Å². The van der Waals surface area contributed by atoms with Crippen molar-refractivity contribution in [3.63, 3.8) is 0 Å². The molecule has 96 valence electrons. The predicted octanol–water partition coefficient (Wildman–Crippen LogP) is 2.53. The summed E-state index contributed by atoms with van der Waals surface area (Å²) in [6.45, 7) is 3.92. The van der Waals surface area contributed by atoms with Crippen LogP contribution in [-0.4, -0.2) is 28.3 Å². The van der Waals surface area contributed by atoms with Gasteiger partial charge in [-0.2, -0.15) is 13.2 Å². The number of hydrogen-bond donors (Lipinski definition) is 2. The van der Waals surface area contributed by atoms with Gasteiger partial charge in [0.15, 0.2) is 0 Å². The Labute approximate surface area is 91.1 Å². The highest BCUT2D eigenvalue weighted by Gasteiger charge is 2.38. The number of carbonyl (C=O) groups is 2. The zero-order chi connectivity index (χ0) is 13.4. The first-order chi connectivity index (χ1) is 7.16. The number of alkyl halides is 3. The summed E-state index contributed by atoms with van der Waals surface area (Å²) in [4.78, 5) is 19.2. The van der Waals surface area contributed by atoms with Crippen LogP contribution in [0.4, 0.5) is 13.2 Å². The Hall–Kier alpha value is -1.27. The molecule has 16 heavy (non-hydrogen) atoms. The standard InChI is InChI=1S/C7H14O2.C2HF3O2/c1-3-5-6(4-2)7(8)9;3-2(4,5)1(6)7/h6H,3-5H2,1-2H3,(H,8,9);(H,6,7). The van der Waals surface area contributed by atoms with Gasteiger partial charge in [0.2, 0.25) is 0 Å². The maximum atomic E-state index is 10.6. The number of carboxylic acid groups (broad SMARTS) is 2. The second-order valence-electron chi connectivity index (χ2n) is 3.03. The molecule has 0 aliphatic rings. The third-order valence-electron chi connectivity index (χ3n) is 1.72. The van der Waals surface area contributed by atoms with E-state index in [1.807, 2.05) is 13.8 Å². The number of carboxylic acids is 2. The maximum Gasteiger partial charge on any atom is 0.490 e. The van der Waals surface area contributed by atoms with Crippen molar-refractivity contribution in [3.8, 4) is 0 Å². The number of halogens is 3. The van der Waals surface area contributed by atoms with Crippen LogP contribution in [-0.2, 0) is 9.59 Å². The molecule has 0 saturated heterocycles. The molecular formula is C9H15F3O4. The van der Waals surface area contributed by atoms with Gasteiger partial charge < -0.3 is 10.2 Å². The van der Waals surface area contributed by atoms with Crippen molar-refractivity contribution in [3.05, 3.63) is 0 Å². The summed E-state index contributed by atoms with van der Waals surface area (Å²) in [5.74, 6) is -3.53. The molecular weight excluding hydrogens is 229 g/mol. The van der Waals surface area contributed by atoms with E-state index in [0.717, 1.165) is 19.3 Å². The fourth-order valence-corrected chi connectivity index (χ4v) is 0.851. The second-order valence-corrected chi connectivity index (χ2v) is 3.03. The van der Waals surface area contributed by atoms with E-state index in [2.05, 4.69) is 0 Å². The molecule has 0 amide bonds. The molecule has 0 aliphatic carbocycles. The lowest BCUT2D eigenvalue weighted by Gasteiger charge is -2.05. The molecule has 0 aromatic carbocycles. The molecule has 0 aromatic rings. The fraction of sp³-hybridized carbons (Fsp3) is 0.778. The van der Waals surface area contributed by atoms with E-state index >= 15 is 0 Å². The average molecular weight is 244 g/mol. The van der Waals surface area contributed by atoms with Crippen LogP contribution in [0.15, 0.2) is 0 Å². The van der Waals surface area contributed by atoms with Gasteiger partial charge in [-0.3, -0.25) is 4.79 Å². The lowest BCUT2D eigenvalue weighted by molar-refractivity contribution is -0.192. The lowest BCUT2D eigenvalue weighted by atomic mass is 10.0. The zero-order valence-electron chi connectivity index (χ0n) is 9.04. The Morgan fingerprint density at radius 2 is 1.56 bits per heavy atom. The summed E-state index contributed by atoms with van der Waals surface area (Å²) in [5, 5.41) is 15.6. The van der Waals surface area contributed by atoms with E-state index in [-0.39, 0.29) is 5.92 Å². The Bertz CT molecular complexity index is 225. The molecule has 1 atom stereocenters. The van der Waals surface area contributed by atoms with Crippen LogP contribution in [0.1, 0.15) is 33.1 Å². The molecule has 1 unspecified atom stereocenters. The molecule has 0 heterocycles. The molecule has 0 spiro atoms. The highest BCUT2D eigenvalue weighted by atomic mass is 19.4. The minimum atomic E-state index is -5.08. The topological polar surface area (TPSA) is 74.6 Å². The zero-order valence-corrected chi connectivity index (χ0v) is 9.04. The minimum Gasteiger partial charge on any atom is -0.481 e. The van der Waals surface area contributed by atoms with Gasteiger partial charge in [0.05, 0.1) is 5.92 Å². The summed E-state index contributed by atoms with van der Waals surface area (Å²) in [6.07, 6.45) is -2.56. The van der Waals surface area contributed by atoms with Gasteiger partial charge in [-0.1, -0.05) is 20.3 Å². The first kappa shape index (κ1) is 17.1. The monoisotopic (exact) mass is 244 g/mol. The highest BCUT2D eigenvalue weighted by molar-refractivity contribution is 5.73. The quantitative estimate of drug-likeness (QED) is 0.796. The fourth-order valence-electron chi connectivity index (χ4n) is 0.851. The average Bonchev–Trinajstić information content (AvgIpc) is 2.13. The second kappa shape index (κ2) is 7.95. The van der Waals surface area contributed by atoms with Gasteiger partial charge in [-0.25, -0.2) is 4.79 Å². The molecule has 0 saturated carbocycles. The van der Waals surface area contributed by atoms with Crippen molar-refractivity contribution in [2.24, 2.45) is 5.92 Å². The van der Waals surface area contributed by atoms with E-state index in [9.17, 15) is 18.0 Å². The van der Waals surface area contributed by atoms with Crippen LogP contribution < -0.4 is 0 Å². The number of aliphatic carboxylic acids is 2.